The summed E-state index contributed by atoms with van der Waals surface area (Å²) >= 11 is 0. The fourth-order valence-electron chi connectivity index (χ4n) is 3.09. The van der Waals surface area contributed by atoms with E-state index in [4.69, 9.17) is 10.3 Å². The molecule has 2 rings (SSSR count). The molecule has 1 saturated carbocycles. The predicted molar refractivity (Wildman–Crippen MR) is 80.3 cm³/mol. The van der Waals surface area contributed by atoms with E-state index in [1.165, 1.54) is 38.5 Å². The first kappa shape index (κ1) is 15.5. The zero-order valence-electron chi connectivity index (χ0n) is 13.0. The van der Waals surface area contributed by atoms with E-state index in [0.29, 0.717) is 0 Å². The van der Waals surface area contributed by atoms with Crippen LogP contribution in [0, 0.1) is 5.92 Å². The van der Waals surface area contributed by atoms with Crippen LogP contribution in [0.4, 0.5) is 0 Å². The van der Waals surface area contributed by atoms with Gasteiger partial charge in [0.2, 0.25) is 5.89 Å². The maximum Gasteiger partial charge on any atom is 0.226 e. The van der Waals surface area contributed by atoms with Gasteiger partial charge in [-0.1, -0.05) is 44.7 Å². The third kappa shape index (κ3) is 3.81. The number of aryl methyl sites for hydroxylation is 1. The Morgan fingerprint density at radius 1 is 1.20 bits per heavy atom. The van der Waals surface area contributed by atoms with E-state index in [1.54, 1.807) is 0 Å². The molecule has 0 unspecified atom stereocenters. The molecule has 2 N–H and O–H groups in total. The van der Waals surface area contributed by atoms with Crippen LogP contribution in [0.3, 0.4) is 0 Å². The van der Waals surface area contributed by atoms with Gasteiger partial charge < -0.3 is 10.3 Å². The second-order valence-electron chi connectivity index (χ2n) is 6.33. The highest BCUT2D eigenvalue weighted by atomic mass is 16.5. The third-order valence-corrected chi connectivity index (χ3v) is 4.73. The molecule has 1 aromatic rings. The summed E-state index contributed by atoms with van der Waals surface area (Å²) in [6.07, 6.45) is 11.4. The average molecular weight is 279 g/mol. The number of hydrogen-bond donors (Lipinski definition) is 1. The lowest BCUT2D eigenvalue weighted by atomic mass is 9.76. The second kappa shape index (κ2) is 7.21. The summed E-state index contributed by atoms with van der Waals surface area (Å²) in [6, 6.07) is 0. The van der Waals surface area contributed by atoms with Gasteiger partial charge in [0, 0.05) is 6.42 Å². The summed E-state index contributed by atoms with van der Waals surface area (Å²) in [5, 5.41) is 4.15. The Labute approximate surface area is 122 Å². The molecule has 1 aliphatic carbocycles. The van der Waals surface area contributed by atoms with E-state index in [0.717, 1.165) is 43.3 Å². The molecule has 0 radical (unpaired) electrons. The summed E-state index contributed by atoms with van der Waals surface area (Å²) in [5.41, 5.74) is 6.15. The smallest absolute Gasteiger partial charge is 0.226 e. The van der Waals surface area contributed by atoms with E-state index in [9.17, 15) is 0 Å². The largest absolute Gasteiger partial charge is 0.339 e. The number of nitrogens with two attached hydrogens (primary N) is 1. The van der Waals surface area contributed by atoms with Crippen LogP contribution < -0.4 is 5.73 Å². The van der Waals surface area contributed by atoms with Crippen LogP contribution in [0.15, 0.2) is 4.52 Å². The van der Waals surface area contributed by atoms with Gasteiger partial charge in [0.25, 0.3) is 0 Å². The summed E-state index contributed by atoms with van der Waals surface area (Å²) in [5.74, 6) is 2.32. The molecule has 0 amide bonds. The van der Waals surface area contributed by atoms with Gasteiger partial charge in [0.05, 0.1) is 5.54 Å². The molecular weight excluding hydrogens is 250 g/mol. The molecule has 1 heterocycles. The van der Waals surface area contributed by atoms with Crippen LogP contribution in [-0.2, 0) is 12.0 Å². The average Bonchev–Trinajstić information content (AvgIpc) is 2.94. The van der Waals surface area contributed by atoms with Gasteiger partial charge in [-0.2, -0.15) is 4.98 Å². The van der Waals surface area contributed by atoms with Crippen molar-refractivity contribution in [3.63, 3.8) is 0 Å². The zero-order chi connectivity index (χ0) is 14.4. The van der Waals surface area contributed by atoms with Gasteiger partial charge in [-0.15, -0.1) is 0 Å². The SMILES string of the molecule is CCCCCCc1nc(C2(N)CCC(CC)CC2)no1. The molecule has 0 saturated heterocycles. The van der Waals surface area contributed by atoms with Crippen molar-refractivity contribution in [1.29, 1.82) is 0 Å². The van der Waals surface area contributed by atoms with Crippen molar-refractivity contribution >= 4 is 0 Å². The number of aromatic nitrogens is 2. The number of rotatable bonds is 7. The van der Waals surface area contributed by atoms with Crippen molar-refractivity contribution in [2.45, 2.75) is 83.6 Å². The normalized spacial score (nSPS) is 26.9. The summed E-state index contributed by atoms with van der Waals surface area (Å²) in [6.45, 7) is 4.48. The van der Waals surface area contributed by atoms with Gasteiger partial charge in [-0.05, 0) is 38.0 Å². The maximum atomic E-state index is 6.50. The summed E-state index contributed by atoms with van der Waals surface area (Å²) in [4.78, 5) is 4.55. The van der Waals surface area contributed by atoms with E-state index in [-0.39, 0.29) is 5.54 Å². The molecular formula is C16H29N3O. The Hall–Kier alpha value is -0.900. The highest BCUT2D eigenvalue weighted by Crippen LogP contribution is 2.37. The number of nitrogens with zero attached hydrogens (tertiary/aromatic N) is 2. The highest BCUT2D eigenvalue weighted by molar-refractivity contribution is 5.06. The quantitative estimate of drug-likeness (QED) is 0.768. The van der Waals surface area contributed by atoms with Gasteiger partial charge in [-0.3, -0.25) is 0 Å². The van der Waals surface area contributed by atoms with Crippen LogP contribution in [0.5, 0.6) is 0 Å². The molecule has 1 fully saturated rings. The standard InChI is InChI=1S/C16H29N3O/c1-3-5-6-7-8-14-18-15(19-20-14)16(17)11-9-13(4-2)10-12-16/h13H,3-12,17H2,1-2H3. The lowest BCUT2D eigenvalue weighted by molar-refractivity contribution is 0.216. The van der Waals surface area contributed by atoms with Crippen molar-refractivity contribution in [1.82, 2.24) is 10.1 Å². The lowest BCUT2D eigenvalue weighted by Crippen LogP contribution is -2.41. The fourth-order valence-corrected chi connectivity index (χ4v) is 3.09. The van der Waals surface area contributed by atoms with Gasteiger partial charge >= 0.3 is 0 Å². The molecule has 0 bridgehead atoms. The number of hydrogen-bond acceptors (Lipinski definition) is 4. The molecule has 20 heavy (non-hydrogen) atoms. The lowest BCUT2D eigenvalue weighted by Gasteiger charge is -2.34. The first-order valence-electron chi connectivity index (χ1n) is 8.30. The monoisotopic (exact) mass is 279 g/mol. The molecule has 4 nitrogen and oxygen atoms in total. The predicted octanol–water partition coefficient (Wildman–Crippen LogP) is 3.95. The van der Waals surface area contributed by atoms with E-state index in [2.05, 4.69) is 24.0 Å². The Kier molecular flexibility index (Phi) is 5.58. The van der Waals surface area contributed by atoms with Crippen LogP contribution in [0.2, 0.25) is 0 Å². The number of unbranched alkanes of at least 4 members (excludes halogenated alkanes) is 3. The van der Waals surface area contributed by atoms with Crippen LogP contribution in [0.1, 0.15) is 83.3 Å². The van der Waals surface area contributed by atoms with E-state index >= 15 is 0 Å². The molecule has 1 aliphatic rings. The Balaban J connectivity index is 1.88. The minimum atomic E-state index is -0.350. The summed E-state index contributed by atoms with van der Waals surface area (Å²) in [7, 11) is 0. The molecule has 0 aromatic carbocycles. The topological polar surface area (TPSA) is 64.9 Å². The second-order valence-corrected chi connectivity index (χ2v) is 6.33. The fraction of sp³-hybridized carbons (Fsp3) is 0.875. The van der Waals surface area contributed by atoms with Gasteiger partial charge in [0.1, 0.15) is 0 Å². The van der Waals surface area contributed by atoms with E-state index < -0.39 is 0 Å². The van der Waals surface area contributed by atoms with Gasteiger partial charge in [-0.25, -0.2) is 0 Å². The van der Waals surface area contributed by atoms with Crippen LogP contribution >= 0.6 is 0 Å². The molecule has 114 valence electrons. The third-order valence-electron chi connectivity index (χ3n) is 4.73. The van der Waals surface area contributed by atoms with Crippen LogP contribution in [0.25, 0.3) is 0 Å². The first-order valence-corrected chi connectivity index (χ1v) is 8.30. The maximum absolute atomic E-state index is 6.50. The van der Waals surface area contributed by atoms with E-state index in [1.807, 2.05) is 0 Å². The summed E-state index contributed by atoms with van der Waals surface area (Å²) < 4.78 is 5.38. The highest BCUT2D eigenvalue weighted by Gasteiger charge is 2.36. The van der Waals surface area contributed by atoms with Crippen molar-refractivity contribution in [3.05, 3.63) is 11.7 Å². The van der Waals surface area contributed by atoms with Crippen molar-refractivity contribution in [3.8, 4) is 0 Å². The molecule has 0 atom stereocenters. The molecule has 1 aromatic heterocycles. The zero-order valence-corrected chi connectivity index (χ0v) is 13.0. The van der Waals surface area contributed by atoms with Crippen molar-refractivity contribution in [2.75, 3.05) is 0 Å². The molecule has 0 spiro atoms. The minimum Gasteiger partial charge on any atom is -0.339 e. The molecule has 0 aliphatic heterocycles. The van der Waals surface area contributed by atoms with Crippen molar-refractivity contribution < 1.29 is 4.52 Å². The van der Waals surface area contributed by atoms with Crippen molar-refractivity contribution in [2.24, 2.45) is 11.7 Å². The Morgan fingerprint density at radius 3 is 2.60 bits per heavy atom. The first-order chi connectivity index (χ1) is 9.68. The van der Waals surface area contributed by atoms with Crippen LogP contribution in [-0.4, -0.2) is 10.1 Å². The Morgan fingerprint density at radius 2 is 1.95 bits per heavy atom. The van der Waals surface area contributed by atoms with Gasteiger partial charge in [0.15, 0.2) is 5.82 Å². The molecule has 4 heteroatoms. The minimum absolute atomic E-state index is 0.350. The Bertz CT molecular complexity index is 394.